The lowest BCUT2D eigenvalue weighted by Gasteiger charge is -2.07. The molecule has 0 spiro atoms. The van der Waals surface area contributed by atoms with Crippen molar-refractivity contribution in [1.29, 1.82) is 5.26 Å². The number of benzene rings is 2. The van der Waals surface area contributed by atoms with E-state index in [0.717, 1.165) is 25.0 Å². The largest absolute Gasteiger partial charge is 0.495 e. The van der Waals surface area contributed by atoms with Crippen LogP contribution < -0.4 is 4.74 Å². The van der Waals surface area contributed by atoms with Crippen molar-refractivity contribution in [3.8, 4) is 11.8 Å². The lowest BCUT2D eigenvalue weighted by molar-refractivity contribution is 0.118. The zero-order valence-corrected chi connectivity index (χ0v) is 12.2. The van der Waals surface area contributed by atoms with Crippen LogP contribution in [0.2, 0.25) is 0 Å². The van der Waals surface area contributed by atoms with Crippen LogP contribution in [-0.2, 0) is 17.8 Å². The number of hydrogen-bond donors (Lipinski definition) is 0. The summed E-state index contributed by atoms with van der Waals surface area (Å²) in [7, 11) is 1.57. The predicted molar refractivity (Wildman–Crippen MR) is 82.1 cm³/mol. The van der Waals surface area contributed by atoms with Gasteiger partial charge >= 0.3 is 0 Å². The Morgan fingerprint density at radius 3 is 2.57 bits per heavy atom. The highest BCUT2D eigenvalue weighted by molar-refractivity contribution is 5.45. The lowest BCUT2D eigenvalue weighted by atomic mass is 10.1. The van der Waals surface area contributed by atoms with Crippen LogP contribution in [0.1, 0.15) is 23.1 Å². The van der Waals surface area contributed by atoms with Crippen LogP contribution in [0.15, 0.2) is 48.5 Å². The lowest BCUT2D eigenvalue weighted by Crippen LogP contribution is -1.98. The summed E-state index contributed by atoms with van der Waals surface area (Å²) in [6.07, 6.45) is 2.02. The van der Waals surface area contributed by atoms with E-state index in [1.807, 2.05) is 18.2 Å². The molecule has 0 atom stereocenters. The minimum absolute atomic E-state index is 0.539. The first-order chi connectivity index (χ1) is 10.3. The van der Waals surface area contributed by atoms with Crippen molar-refractivity contribution in [1.82, 2.24) is 0 Å². The summed E-state index contributed by atoms with van der Waals surface area (Å²) in [5.74, 6) is 0.600. The fourth-order valence-corrected chi connectivity index (χ4v) is 2.13. The second-order valence-corrected chi connectivity index (χ2v) is 4.79. The van der Waals surface area contributed by atoms with Crippen LogP contribution in [0.25, 0.3) is 0 Å². The second-order valence-electron chi connectivity index (χ2n) is 4.79. The number of hydrogen-bond acceptors (Lipinski definition) is 3. The zero-order valence-electron chi connectivity index (χ0n) is 12.2. The van der Waals surface area contributed by atoms with Crippen LogP contribution in [0.3, 0.4) is 0 Å². The third-order valence-electron chi connectivity index (χ3n) is 3.25. The molecule has 21 heavy (non-hydrogen) atoms. The van der Waals surface area contributed by atoms with Gasteiger partial charge in [-0.05, 0) is 36.1 Å². The van der Waals surface area contributed by atoms with E-state index in [1.165, 1.54) is 5.56 Å². The van der Waals surface area contributed by atoms with Gasteiger partial charge in [-0.3, -0.25) is 0 Å². The van der Waals surface area contributed by atoms with Gasteiger partial charge in [0.1, 0.15) is 11.8 Å². The Morgan fingerprint density at radius 2 is 1.86 bits per heavy atom. The average Bonchev–Trinajstić information content (AvgIpc) is 2.55. The zero-order chi connectivity index (χ0) is 14.9. The Hall–Kier alpha value is -2.31. The molecule has 0 radical (unpaired) electrons. The first-order valence-electron chi connectivity index (χ1n) is 7.02. The minimum Gasteiger partial charge on any atom is -0.495 e. The summed E-state index contributed by atoms with van der Waals surface area (Å²) < 4.78 is 10.9. The Morgan fingerprint density at radius 1 is 1.05 bits per heavy atom. The summed E-state index contributed by atoms with van der Waals surface area (Å²) >= 11 is 0. The third-order valence-corrected chi connectivity index (χ3v) is 3.25. The molecular weight excluding hydrogens is 262 g/mol. The molecule has 0 heterocycles. The number of nitrogens with zero attached hydrogens (tertiary/aromatic N) is 1. The highest BCUT2D eigenvalue weighted by Gasteiger charge is 2.03. The van der Waals surface area contributed by atoms with E-state index < -0.39 is 0 Å². The molecular formula is C18H19NO2. The molecule has 108 valence electrons. The van der Waals surface area contributed by atoms with Crippen LogP contribution in [0.4, 0.5) is 0 Å². The molecule has 3 heteroatoms. The van der Waals surface area contributed by atoms with E-state index in [0.29, 0.717) is 17.9 Å². The van der Waals surface area contributed by atoms with Crippen molar-refractivity contribution in [3.05, 3.63) is 65.2 Å². The van der Waals surface area contributed by atoms with Gasteiger partial charge in [-0.2, -0.15) is 5.26 Å². The molecule has 0 N–H and O–H groups in total. The van der Waals surface area contributed by atoms with Crippen LogP contribution in [0.5, 0.6) is 5.75 Å². The molecule has 0 saturated carbocycles. The Kier molecular flexibility index (Phi) is 5.81. The molecule has 0 aliphatic rings. The van der Waals surface area contributed by atoms with Gasteiger partial charge in [0.15, 0.2) is 0 Å². The number of ether oxygens (including phenoxy) is 2. The fraction of sp³-hybridized carbons (Fsp3) is 0.278. The summed E-state index contributed by atoms with van der Waals surface area (Å²) in [5, 5.41) is 8.93. The van der Waals surface area contributed by atoms with E-state index in [1.54, 1.807) is 13.2 Å². The Balaban J connectivity index is 1.75. The first kappa shape index (κ1) is 15.1. The van der Waals surface area contributed by atoms with Crippen molar-refractivity contribution in [3.63, 3.8) is 0 Å². The smallest absolute Gasteiger partial charge is 0.136 e. The number of aryl methyl sites for hydroxylation is 1. The molecule has 0 saturated heterocycles. The van der Waals surface area contributed by atoms with Gasteiger partial charge in [-0.15, -0.1) is 0 Å². The summed E-state index contributed by atoms with van der Waals surface area (Å²) in [6.45, 7) is 1.26. The van der Waals surface area contributed by atoms with Gasteiger partial charge in [0, 0.05) is 6.61 Å². The second kappa shape index (κ2) is 8.08. The summed E-state index contributed by atoms with van der Waals surface area (Å²) in [6, 6.07) is 18.0. The highest BCUT2D eigenvalue weighted by Crippen LogP contribution is 2.19. The molecule has 0 fully saturated rings. The fourth-order valence-electron chi connectivity index (χ4n) is 2.13. The molecule has 0 unspecified atom stereocenters. The van der Waals surface area contributed by atoms with Crippen molar-refractivity contribution in [2.45, 2.75) is 19.4 Å². The maximum atomic E-state index is 8.93. The van der Waals surface area contributed by atoms with Crippen molar-refractivity contribution < 1.29 is 9.47 Å². The number of methoxy groups -OCH3 is 1. The summed E-state index contributed by atoms with van der Waals surface area (Å²) in [5.41, 5.74) is 2.90. The first-order valence-corrected chi connectivity index (χ1v) is 7.02. The molecule has 0 bridgehead atoms. The SMILES string of the molecule is COc1cc(COCCCc2ccccc2)ccc1C#N. The topological polar surface area (TPSA) is 42.2 Å². The monoisotopic (exact) mass is 281 g/mol. The van der Waals surface area contributed by atoms with Gasteiger partial charge < -0.3 is 9.47 Å². The van der Waals surface area contributed by atoms with Crippen molar-refractivity contribution >= 4 is 0 Å². The normalized spacial score (nSPS) is 10.1. The van der Waals surface area contributed by atoms with Gasteiger partial charge in [0.25, 0.3) is 0 Å². The molecule has 0 amide bonds. The van der Waals surface area contributed by atoms with E-state index >= 15 is 0 Å². The van der Waals surface area contributed by atoms with Crippen LogP contribution in [0, 0.1) is 11.3 Å². The standard InChI is InChI=1S/C18H19NO2/c1-20-18-12-16(9-10-17(18)13-19)14-21-11-5-8-15-6-3-2-4-7-15/h2-4,6-7,9-10,12H,5,8,11,14H2,1H3. The minimum atomic E-state index is 0.539. The highest BCUT2D eigenvalue weighted by atomic mass is 16.5. The van der Waals surface area contributed by atoms with Gasteiger partial charge in [0.05, 0.1) is 19.3 Å². The summed E-state index contributed by atoms with van der Waals surface area (Å²) in [4.78, 5) is 0. The molecule has 2 aromatic carbocycles. The molecule has 2 rings (SSSR count). The van der Waals surface area contributed by atoms with E-state index in [-0.39, 0.29) is 0 Å². The van der Waals surface area contributed by atoms with E-state index in [9.17, 15) is 0 Å². The van der Waals surface area contributed by atoms with Crippen LogP contribution >= 0.6 is 0 Å². The molecule has 0 aromatic heterocycles. The molecule has 3 nitrogen and oxygen atoms in total. The van der Waals surface area contributed by atoms with Crippen LogP contribution in [-0.4, -0.2) is 13.7 Å². The van der Waals surface area contributed by atoms with Gasteiger partial charge in [0.2, 0.25) is 0 Å². The predicted octanol–water partition coefficient (Wildman–Crippen LogP) is 3.72. The van der Waals surface area contributed by atoms with Crippen molar-refractivity contribution in [2.24, 2.45) is 0 Å². The van der Waals surface area contributed by atoms with E-state index in [4.69, 9.17) is 14.7 Å². The van der Waals surface area contributed by atoms with Gasteiger partial charge in [-0.25, -0.2) is 0 Å². The number of nitriles is 1. The maximum Gasteiger partial charge on any atom is 0.136 e. The maximum absolute atomic E-state index is 8.93. The third kappa shape index (κ3) is 4.62. The van der Waals surface area contributed by atoms with E-state index in [2.05, 4.69) is 30.3 Å². The molecule has 2 aromatic rings. The molecule has 0 aliphatic carbocycles. The quantitative estimate of drug-likeness (QED) is 0.726. The Bertz CT molecular complexity index is 602. The molecule has 0 aliphatic heterocycles. The van der Waals surface area contributed by atoms with Crippen molar-refractivity contribution in [2.75, 3.05) is 13.7 Å². The van der Waals surface area contributed by atoms with Gasteiger partial charge in [-0.1, -0.05) is 36.4 Å². The number of rotatable bonds is 7. The Labute approximate surface area is 125 Å². The average molecular weight is 281 g/mol.